The Hall–Kier alpha value is -2.80. The normalized spacial score (nSPS) is 14.8. The third kappa shape index (κ3) is 4.79. The second-order valence-corrected chi connectivity index (χ2v) is 8.18. The van der Waals surface area contributed by atoms with Crippen LogP contribution in [0.3, 0.4) is 0 Å². The van der Waals surface area contributed by atoms with Gasteiger partial charge in [-0.25, -0.2) is 0 Å². The molecule has 150 valence electrons. The smallest absolute Gasteiger partial charge is 0.226 e. The molecule has 1 amide bonds. The minimum Gasteiger partial charge on any atom is -0.343 e. The van der Waals surface area contributed by atoms with Gasteiger partial charge in [0.05, 0.1) is 4.88 Å². The number of aryl methyl sites for hydroxylation is 1. The van der Waals surface area contributed by atoms with Crippen molar-refractivity contribution < 1.29 is 14.1 Å². The molecule has 3 heterocycles. The van der Waals surface area contributed by atoms with Gasteiger partial charge in [-0.3, -0.25) is 9.59 Å². The standard InChI is InChI=1S/C22H23N3O3S/c26-20(10-4-9-19-23-22(24-28-19)18-8-5-15-29-18)25-13-11-17(12-14-25)21(27)16-6-2-1-3-7-16/h1-3,5-8,15,17H,4,9-14H2. The van der Waals surface area contributed by atoms with Crippen molar-refractivity contribution in [3.63, 3.8) is 0 Å². The number of hydrogen-bond acceptors (Lipinski definition) is 6. The highest BCUT2D eigenvalue weighted by molar-refractivity contribution is 7.13. The van der Waals surface area contributed by atoms with E-state index in [0.717, 1.165) is 23.3 Å². The summed E-state index contributed by atoms with van der Waals surface area (Å²) < 4.78 is 5.28. The van der Waals surface area contributed by atoms with Crippen LogP contribution in [0.2, 0.25) is 0 Å². The first-order valence-electron chi connectivity index (χ1n) is 9.94. The summed E-state index contributed by atoms with van der Waals surface area (Å²) >= 11 is 1.57. The van der Waals surface area contributed by atoms with Crippen LogP contribution < -0.4 is 0 Å². The molecule has 0 aliphatic carbocycles. The third-order valence-corrected chi connectivity index (χ3v) is 6.13. The van der Waals surface area contributed by atoms with Crippen molar-refractivity contribution in [1.82, 2.24) is 15.0 Å². The Morgan fingerprint density at radius 3 is 2.62 bits per heavy atom. The average Bonchev–Trinajstić information content (AvgIpc) is 3.46. The number of hydrogen-bond donors (Lipinski definition) is 0. The maximum Gasteiger partial charge on any atom is 0.226 e. The Kier molecular flexibility index (Phi) is 6.14. The van der Waals surface area contributed by atoms with Gasteiger partial charge >= 0.3 is 0 Å². The van der Waals surface area contributed by atoms with Gasteiger partial charge in [0.15, 0.2) is 5.78 Å². The van der Waals surface area contributed by atoms with E-state index in [1.165, 1.54) is 0 Å². The van der Waals surface area contributed by atoms with Crippen LogP contribution in [-0.2, 0) is 11.2 Å². The second-order valence-electron chi connectivity index (χ2n) is 7.23. The molecule has 4 rings (SSSR count). The number of carbonyl (C=O) groups is 2. The van der Waals surface area contributed by atoms with E-state index in [1.807, 2.05) is 52.7 Å². The minimum absolute atomic E-state index is 0.00974. The van der Waals surface area contributed by atoms with Crippen molar-refractivity contribution in [3.05, 3.63) is 59.3 Å². The van der Waals surface area contributed by atoms with E-state index < -0.39 is 0 Å². The highest BCUT2D eigenvalue weighted by Gasteiger charge is 2.27. The van der Waals surface area contributed by atoms with Crippen LogP contribution >= 0.6 is 11.3 Å². The molecule has 7 heteroatoms. The highest BCUT2D eigenvalue weighted by Crippen LogP contribution is 2.23. The second kappa shape index (κ2) is 9.13. The zero-order valence-corrected chi connectivity index (χ0v) is 16.9. The number of rotatable bonds is 7. The number of thiophene rings is 1. The molecule has 1 aliphatic heterocycles. The lowest BCUT2D eigenvalue weighted by molar-refractivity contribution is -0.132. The summed E-state index contributed by atoms with van der Waals surface area (Å²) in [6.45, 7) is 1.29. The number of Topliss-reactive ketones (excluding diaryl/α,β-unsaturated/α-hetero) is 1. The Morgan fingerprint density at radius 2 is 1.90 bits per heavy atom. The van der Waals surface area contributed by atoms with Gasteiger partial charge in [-0.05, 0) is 30.7 Å². The van der Waals surface area contributed by atoms with Crippen molar-refractivity contribution in [2.45, 2.75) is 32.1 Å². The summed E-state index contributed by atoms with van der Waals surface area (Å²) in [5, 5.41) is 5.97. The van der Waals surface area contributed by atoms with Gasteiger partial charge in [0.25, 0.3) is 0 Å². The fraction of sp³-hybridized carbons (Fsp3) is 0.364. The Morgan fingerprint density at radius 1 is 1.10 bits per heavy atom. The van der Waals surface area contributed by atoms with Gasteiger partial charge in [0, 0.05) is 37.4 Å². The molecule has 1 aromatic carbocycles. The van der Waals surface area contributed by atoms with Gasteiger partial charge in [-0.2, -0.15) is 4.98 Å². The number of carbonyl (C=O) groups excluding carboxylic acids is 2. The summed E-state index contributed by atoms with van der Waals surface area (Å²) in [6, 6.07) is 13.3. The molecule has 3 aromatic rings. The number of benzene rings is 1. The Balaban J connectivity index is 1.21. The lowest BCUT2D eigenvalue weighted by atomic mass is 9.89. The van der Waals surface area contributed by atoms with E-state index in [2.05, 4.69) is 10.1 Å². The lowest BCUT2D eigenvalue weighted by Crippen LogP contribution is -2.40. The zero-order chi connectivity index (χ0) is 20.1. The monoisotopic (exact) mass is 409 g/mol. The van der Waals surface area contributed by atoms with E-state index in [0.29, 0.717) is 44.1 Å². The highest BCUT2D eigenvalue weighted by atomic mass is 32.1. The first-order valence-corrected chi connectivity index (χ1v) is 10.8. The number of aromatic nitrogens is 2. The molecule has 0 bridgehead atoms. The largest absolute Gasteiger partial charge is 0.343 e. The summed E-state index contributed by atoms with van der Waals surface area (Å²) in [5.41, 5.74) is 0.763. The van der Waals surface area contributed by atoms with Crippen molar-refractivity contribution in [3.8, 4) is 10.7 Å². The molecule has 0 atom stereocenters. The Labute approximate surface area is 173 Å². The molecule has 1 saturated heterocycles. The lowest BCUT2D eigenvalue weighted by Gasteiger charge is -2.31. The van der Waals surface area contributed by atoms with Gasteiger partial charge in [-0.15, -0.1) is 11.3 Å². The van der Waals surface area contributed by atoms with E-state index in [-0.39, 0.29) is 17.6 Å². The van der Waals surface area contributed by atoms with Crippen LogP contribution in [0.15, 0.2) is 52.4 Å². The number of piperidine rings is 1. The first kappa shape index (κ1) is 19.5. The molecule has 6 nitrogen and oxygen atoms in total. The molecule has 0 saturated carbocycles. The van der Waals surface area contributed by atoms with Crippen LogP contribution in [0.5, 0.6) is 0 Å². The van der Waals surface area contributed by atoms with Crippen LogP contribution in [0, 0.1) is 5.92 Å². The van der Waals surface area contributed by atoms with E-state index in [4.69, 9.17) is 4.52 Å². The van der Waals surface area contributed by atoms with E-state index in [9.17, 15) is 9.59 Å². The van der Waals surface area contributed by atoms with Gasteiger partial charge in [0.2, 0.25) is 17.6 Å². The molecular formula is C22H23N3O3S. The summed E-state index contributed by atoms with van der Waals surface area (Å²) in [4.78, 5) is 32.3. The third-order valence-electron chi connectivity index (χ3n) is 5.27. The topological polar surface area (TPSA) is 76.3 Å². The fourth-order valence-corrected chi connectivity index (χ4v) is 4.29. The number of ketones is 1. The van der Waals surface area contributed by atoms with Crippen molar-refractivity contribution in [1.29, 1.82) is 0 Å². The molecule has 0 unspecified atom stereocenters. The predicted molar refractivity (Wildman–Crippen MR) is 111 cm³/mol. The van der Waals surface area contributed by atoms with Crippen LogP contribution in [0.25, 0.3) is 10.7 Å². The molecule has 0 radical (unpaired) electrons. The number of nitrogens with zero attached hydrogens (tertiary/aromatic N) is 3. The molecule has 0 spiro atoms. The fourth-order valence-electron chi connectivity index (χ4n) is 3.64. The maximum absolute atomic E-state index is 12.6. The van der Waals surface area contributed by atoms with Crippen molar-refractivity contribution in [2.75, 3.05) is 13.1 Å². The predicted octanol–water partition coefficient (Wildman–Crippen LogP) is 4.24. The van der Waals surface area contributed by atoms with E-state index in [1.54, 1.807) is 11.3 Å². The SMILES string of the molecule is O=C(c1ccccc1)C1CCN(C(=O)CCCc2nc(-c3cccs3)no2)CC1. The van der Waals surface area contributed by atoms with Gasteiger partial charge in [-0.1, -0.05) is 41.6 Å². The summed E-state index contributed by atoms with van der Waals surface area (Å²) in [7, 11) is 0. The zero-order valence-electron chi connectivity index (χ0n) is 16.1. The average molecular weight is 410 g/mol. The van der Waals surface area contributed by atoms with Crippen LogP contribution in [0.4, 0.5) is 0 Å². The van der Waals surface area contributed by atoms with E-state index >= 15 is 0 Å². The molecule has 0 N–H and O–H groups in total. The molecule has 1 fully saturated rings. The minimum atomic E-state index is 0.00974. The first-order chi connectivity index (χ1) is 14.2. The van der Waals surface area contributed by atoms with Crippen LogP contribution in [0.1, 0.15) is 41.9 Å². The summed E-state index contributed by atoms with van der Waals surface area (Å²) in [6.07, 6.45) is 3.18. The molecule has 29 heavy (non-hydrogen) atoms. The number of likely N-dealkylation sites (tertiary alicyclic amines) is 1. The molecule has 1 aliphatic rings. The van der Waals surface area contributed by atoms with Gasteiger partial charge in [0.1, 0.15) is 0 Å². The Bertz CT molecular complexity index is 945. The molecular weight excluding hydrogens is 386 g/mol. The van der Waals surface area contributed by atoms with Crippen molar-refractivity contribution in [2.24, 2.45) is 5.92 Å². The molecule has 2 aromatic heterocycles. The maximum atomic E-state index is 12.6. The number of amides is 1. The van der Waals surface area contributed by atoms with Gasteiger partial charge < -0.3 is 9.42 Å². The van der Waals surface area contributed by atoms with Crippen LogP contribution in [-0.4, -0.2) is 39.8 Å². The summed E-state index contributed by atoms with van der Waals surface area (Å²) in [5.74, 6) is 1.50. The van der Waals surface area contributed by atoms with Crippen molar-refractivity contribution >= 4 is 23.0 Å². The quantitative estimate of drug-likeness (QED) is 0.546.